The number of hydrogen-bond donors (Lipinski definition) is 2. The largest absolute Gasteiger partial charge is 0.482 e. The highest BCUT2D eigenvalue weighted by molar-refractivity contribution is 8.14. The molecule has 0 spiro atoms. The first-order valence-electron chi connectivity index (χ1n) is 8.36. The van der Waals surface area contributed by atoms with Crippen LogP contribution >= 0.6 is 11.8 Å². The van der Waals surface area contributed by atoms with E-state index in [2.05, 4.69) is 17.2 Å². The topological polar surface area (TPSA) is 74.2 Å². The summed E-state index contributed by atoms with van der Waals surface area (Å²) in [4.78, 5) is 10.6. The van der Waals surface area contributed by atoms with Crippen LogP contribution in [0.4, 0.5) is 5.69 Å². The highest BCUT2D eigenvalue weighted by Gasteiger charge is 2.35. The molecule has 2 heterocycles. The van der Waals surface area contributed by atoms with E-state index in [9.17, 15) is 4.79 Å². The fourth-order valence-electron chi connectivity index (χ4n) is 3.01. The third-order valence-electron chi connectivity index (χ3n) is 4.27. The Morgan fingerprint density at radius 2 is 2.08 bits per heavy atom. The zero-order chi connectivity index (χ0) is 16.9. The van der Waals surface area contributed by atoms with Gasteiger partial charge in [0.05, 0.1) is 10.7 Å². The van der Waals surface area contributed by atoms with Crippen LogP contribution in [0.2, 0.25) is 0 Å². The lowest BCUT2D eigenvalue weighted by molar-refractivity contribution is -0.139. The van der Waals surface area contributed by atoms with Crippen LogP contribution in [0.25, 0.3) is 0 Å². The van der Waals surface area contributed by atoms with E-state index >= 15 is 0 Å². The van der Waals surface area contributed by atoms with Crippen molar-refractivity contribution in [3.05, 3.63) is 24.3 Å². The van der Waals surface area contributed by atoms with Gasteiger partial charge in [0, 0.05) is 0 Å². The van der Waals surface area contributed by atoms with Crippen molar-refractivity contribution in [2.45, 2.75) is 31.6 Å². The lowest BCUT2D eigenvalue weighted by Gasteiger charge is -2.32. The van der Waals surface area contributed by atoms with Crippen molar-refractivity contribution in [2.75, 3.05) is 24.7 Å². The standard InChI is InChI=1S/C17H23N3O3S/c1-2-15-19-20(17(24-15)12-7-9-18-10-8-12)13-3-5-14(6-4-13)23-11-16(21)22/h3-6,12,17-18H,2,7-11H2,1H3,(H,21,22). The predicted molar refractivity (Wildman–Crippen MR) is 96.8 cm³/mol. The van der Waals surface area contributed by atoms with Crippen LogP contribution in [-0.4, -0.2) is 41.2 Å². The molecule has 0 bridgehead atoms. The first-order valence-corrected chi connectivity index (χ1v) is 9.24. The van der Waals surface area contributed by atoms with Gasteiger partial charge in [-0.3, -0.25) is 5.01 Å². The molecule has 0 radical (unpaired) electrons. The van der Waals surface area contributed by atoms with Gasteiger partial charge in [-0.1, -0.05) is 18.7 Å². The molecule has 1 saturated heterocycles. The van der Waals surface area contributed by atoms with E-state index in [-0.39, 0.29) is 6.61 Å². The van der Waals surface area contributed by atoms with Crippen LogP contribution < -0.4 is 15.1 Å². The minimum Gasteiger partial charge on any atom is -0.482 e. The number of aliphatic carboxylic acids is 1. The third kappa shape index (κ3) is 4.02. The van der Waals surface area contributed by atoms with Gasteiger partial charge in [0.25, 0.3) is 0 Å². The molecule has 130 valence electrons. The van der Waals surface area contributed by atoms with Crippen LogP contribution in [0.1, 0.15) is 26.2 Å². The second kappa shape index (κ2) is 7.90. The maximum atomic E-state index is 10.6. The lowest BCUT2D eigenvalue weighted by Crippen LogP contribution is -2.38. The van der Waals surface area contributed by atoms with Gasteiger partial charge in [-0.2, -0.15) is 5.10 Å². The van der Waals surface area contributed by atoms with E-state index in [4.69, 9.17) is 14.9 Å². The van der Waals surface area contributed by atoms with Crippen molar-refractivity contribution in [2.24, 2.45) is 11.0 Å². The molecular weight excluding hydrogens is 326 g/mol. The zero-order valence-corrected chi connectivity index (χ0v) is 14.6. The maximum absolute atomic E-state index is 10.6. The Morgan fingerprint density at radius 1 is 1.38 bits per heavy atom. The van der Waals surface area contributed by atoms with Gasteiger partial charge in [-0.15, -0.1) is 0 Å². The molecule has 0 aliphatic carbocycles. The summed E-state index contributed by atoms with van der Waals surface area (Å²) in [5, 5.41) is 20.5. The molecule has 1 atom stereocenters. The SMILES string of the molecule is CCC1=NN(c2ccc(OCC(=O)O)cc2)C(C2CCNCC2)S1. The Bertz CT molecular complexity index is 600. The Morgan fingerprint density at radius 3 is 2.71 bits per heavy atom. The summed E-state index contributed by atoms with van der Waals surface area (Å²) in [7, 11) is 0. The van der Waals surface area contributed by atoms with Crippen molar-refractivity contribution in [3.63, 3.8) is 0 Å². The number of ether oxygens (including phenoxy) is 1. The number of thioether (sulfide) groups is 1. The molecule has 1 aromatic rings. The smallest absolute Gasteiger partial charge is 0.341 e. The van der Waals surface area contributed by atoms with Gasteiger partial charge in [-0.25, -0.2) is 4.79 Å². The molecule has 3 rings (SSSR count). The molecule has 1 aromatic carbocycles. The lowest BCUT2D eigenvalue weighted by atomic mass is 9.97. The van der Waals surface area contributed by atoms with Crippen molar-refractivity contribution in [1.82, 2.24) is 5.32 Å². The Kier molecular flexibility index (Phi) is 5.63. The molecule has 2 aliphatic rings. The molecule has 2 aliphatic heterocycles. The summed E-state index contributed by atoms with van der Waals surface area (Å²) in [6.07, 6.45) is 3.28. The molecule has 1 fully saturated rings. The van der Waals surface area contributed by atoms with E-state index in [1.807, 2.05) is 36.0 Å². The number of anilines is 1. The predicted octanol–water partition coefficient (Wildman–Crippen LogP) is 2.75. The minimum absolute atomic E-state index is 0.325. The van der Waals surface area contributed by atoms with E-state index in [0.717, 1.165) is 25.2 Å². The van der Waals surface area contributed by atoms with Crippen LogP contribution in [0.3, 0.4) is 0 Å². The summed E-state index contributed by atoms with van der Waals surface area (Å²) < 4.78 is 5.20. The van der Waals surface area contributed by atoms with Crippen molar-refractivity contribution in [1.29, 1.82) is 0 Å². The second-order valence-corrected chi connectivity index (χ2v) is 7.15. The number of nitrogens with zero attached hydrogens (tertiary/aromatic N) is 2. The molecule has 0 aromatic heterocycles. The molecule has 2 N–H and O–H groups in total. The van der Waals surface area contributed by atoms with Crippen molar-refractivity contribution >= 4 is 28.5 Å². The summed E-state index contributed by atoms with van der Waals surface area (Å²) in [6.45, 7) is 3.95. The number of carbonyl (C=O) groups is 1. The molecule has 24 heavy (non-hydrogen) atoms. The van der Waals surface area contributed by atoms with Crippen molar-refractivity contribution in [3.8, 4) is 5.75 Å². The number of nitrogens with one attached hydrogen (secondary N) is 1. The third-order valence-corrected chi connectivity index (χ3v) is 5.74. The van der Waals surface area contributed by atoms with Gasteiger partial charge in [0.15, 0.2) is 6.61 Å². The van der Waals surface area contributed by atoms with Gasteiger partial charge in [0.2, 0.25) is 0 Å². The summed E-state index contributed by atoms with van der Waals surface area (Å²) in [5.41, 5.74) is 1.03. The summed E-state index contributed by atoms with van der Waals surface area (Å²) >= 11 is 1.88. The van der Waals surface area contributed by atoms with E-state index in [0.29, 0.717) is 17.0 Å². The first kappa shape index (κ1) is 17.1. The monoisotopic (exact) mass is 349 g/mol. The number of rotatable bonds is 6. The quantitative estimate of drug-likeness (QED) is 0.823. The molecule has 7 heteroatoms. The average molecular weight is 349 g/mol. The summed E-state index contributed by atoms with van der Waals surface area (Å²) in [6, 6.07) is 7.52. The number of benzene rings is 1. The minimum atomic E-state index is -0.974. The number of carboxylic acid groups (broad SMARTS) is 1. The fourth-order valence-corrected chi connectivity index (χ4v) is 4.33. The molecule has 0 amide bonds. The second-order valence-electron chi connectivity index (χ2n) is 5.96. The molecular formula is C17H23N3O3S. The van der Waals surface area contributed by atoms with Gasteiger partial charge in [-0.05, 0) is 62.5 Å². The van der Waals surface area contributed by atoms with Crippen LogP contribution in [-0.2, 0) is 4.79 Å². The highest BCUT2D eigenvalue weighted by atomic mass is 32.2. The van der Waals surface area contributed by atoms with Gasteiger partial charge < -0.3 is 15.2 Å². The first-order chi connectivity index (χ1) is 11.7. The van der Waals surface area contributed by atoms with E-state index < -0.39 is 5.97 Å². The molecule has 0 saturated carbocycles. The van der Waals surface area contributed by atoms with Gasteiger partial charge >= 0.3 is 5.97 Å². The Balaban J connectivity index is 1.73. The summed E-state index contributed by atoms with van der Waals surface area (Å²) in [5.74, 6) is 0.205. The number of carboxylic acids is 1. The number of piperidine rings is 1. The Hall–Kier alpha value is -1.73. The average Bonchev–Trinajstić information content (AvgIpc) is 3.05. The van der Waals surface area contributed by atoms with Crippen LogP contribution in [0.5, 0.6) is 5.75 Å². The van der Waals surface area contributed by atoms with Gasteiger partial charge in [0.1, 0.15) is 11.1 Å². The van der Waals surface area contributed by atoms with Crippen LogP contribution in [0, 0.1) is 5.92 Å². The van der Waals surface area contributed by atoms with E-state index in [1.54, 1.807) is 0 Å². The Labute approximate surface area is 146 Å². The maximum Gasteiger partial charge on any atom is 0.341 e. The highest BCUT2D eigenvalue weighted by Crippen LogP contribution is 2.39. The molecule has 6 nitrogen and oxygen atoms in total. The molecule has 1 unspecified atom stereocenters. The zero-order valence-electron chi connectivity index (χ0n) is 13.8. The normalized spacial score (nSPS) is 21.6. The van der Waals surface area contributed by atoms with E-state index in [1.165, 1.54) is 17.9 Å². The number of hydrogen-bond acceptors (Lipinski definition) is 6. The number of hydrazone groups is 1. The fraction of sp³-hybridized carbons (Fsp3) is 0.529. The van der Waals surface area contributed by atoms with Crippen LogP contribution in [0.15, 0.2) is 29.4 Å². The van der Waals surface area contributed by atoms with Crippen molar-refractivity contribution < 1.29 is 14.6 Å².